The standard InChI is InChI=1S/C33H37NO5/c1-7-22-9-11-23(12-10-22)30-29(31(35)24-13-18-28(38-8-2)27(19-24)20(3)4)32(36)33(37)34(30)25-14-16-26(17-15-25)39-21(5)6/h9-21,30,35H,7-8H2,1-6H3/b31-29-. The third kappa shape index (κ3) is 5.70. The lowest BCUT2D eigenvalue weighted by Crippen LogP contribution is -2.29. The molecule has 0 aliphatic carbocycles. The first-order valence-corrected chi connectivity index (χ1v) is 13.6. The van der Waals surface area contributed by atoms with Crippen LogP contribution in [0, 0.1) is 0 Å². The van der Waals surface area contributed by atoms with Gasteiger partial charge in [-0.2, -0.15) is 0 Å². The predicted octanol–water partition coefficient (Wildman–Crippen LogP) is 7.18. The average Bonchev–Trinajstić information content (AvgIpc) is 3.18. The van der Waals surface area contributed by atoms with Crippen molar-refractivity contribution in [3.63, 3.8) is 0 Å². The van der Waals surface area contributed by atoms with Gasteiger partial charge in [-0.3, -0.25) is 14.5 Å². The highest BCUT2D eigenvalue weighted by atomic mass is 16.5. The van der Waals surface area contributed by atoms with Gasteiger partial charge in [-0.05, 0) is 92.3 Å². The van der Waals surface area contributed by atoms with Crippen LogP contribution < -0.4 is 14.4 Å². The largest absolute Gasteiger partial charge is 0.507 e. The van der Waals surface area contributed by atoms with Crippen LogP contribution in [-0.4, -0.2) is 29.5 Å². The first-order valence-electron chi connectivity index (χ1n) is 13.6. The van der Waals surface area contributed by atoms with Gasteiger partial charge in [0.05, 0.1) is 24.3 Å². The number of ether oxygens (including phenoxy) is 2. The molecule has 6 nitrogen and oxygen atoms in total. The Morgan fingerprint density at radius 3 is 2.15 bits per heavy atom. The van der Waals surface area contributed by atoms with Gasteiger partial charge in [0.1, 0.15) is 17.3 Å². The first-order chi connectivity index (χ1) is 18.7. The molecule has 3 aromatic carbocycles. The summed E-state index contributed by atoms with van der Waals surface area (Å²) in [6.07, 6.45) is 0.870. The van der Waals surface area contributed by atoms with E-state index in [1.807, 2.05) is 71.0 Å². The predicted molar refractivity (Wildman–Crippen MR) is 155 cm³/mol. The molecule has 39 heavy (non-hydrogen) atoms. The fourth-order valence-corrected chi connectivity index (χ4v) is 4.90. The fraction of sp³-hybridized carbons (Fsp3) is 0.333. The number of hydrogen-bond donors (Lipinski definition) is 1. The van der Waals surface area contributed by atoms with E-state index < -0.39 is 17.7 Å². The van der Waals surface area contributed by atoms with Crippen molar-refractivity contribution in [1.29, 1.82) is 0 Å². The van der Waals surface area contributed by atoms with Crippen molar-refractivity contribution in [2.45, 2.75) is 66.0 Å². The third-order valence-electron chi connectivity index (χ3n) is 6.84. The molecule has 1 amide bonds. The smallest absolute Gasteiger partial charge is 0.300 e. The Balaban J connectivity index is 1.88. The van der Waals surface area contributed by atoms with Gasteiger partial charge >= 0.3 is 0 Å². The maximum Gasteiger partial charge on any atom is 0.300 e. The second kappa shape index (κ2) is 11.8. The Labute approximate surface area is 230 Å². The summed E-state index contributed by atoms with van der Waals surface area (Å²) in [5.41, 5.74) is 3.87. The van der Waals surface area contributed by atoms with Crippen molar-refractivity contribution in [3.05, 3.63) is 94.6 Å². The van der Waals surface area contributed by atoms with E-state index in [0.29, 0.717) is 23.6 Å². The molecule has 0 spiro atoms. The minimum Gasteiger partial charge on any atom is -0.507 e. The van der Waals surface area contributed by atoms with Gasteiger partial charge in [-0.1, -0.05) is 45.0 Å². The van der Waals surface area contributed by atoms with Crippen molar-refractivity contribution >= 4 is 23.1 Å². The summed E-state index contributed by atoms with van der Waals surface area (Å²) in [6, 6.07) is 19.5. The number of anilines is 1. The Morgan fingerprint density at radius 2 is 1.59 bits per heavy atom. The van der Waals surface area contributed by atoms with E-state index in [-0.39, 0.29) is 23.4 Å². The maximum atomic E-state index is 13.6. The molecule has 1 aliphatic rings. The summed E-state index contributed by atoms with van der Waals surface area (Å²) in [7, 11) is 0. The van der Waals surface area contributed by atoms with E-state index in [2.05, 4.69) is 6.92 Å². The van der Waals surface area contributed by atoms with Gasteiger partial charge in [0.15, 0.2) is 0 Å². The van der Waals surface area contributed by atoms with Crippen LogP contribution in [0.1, 0.15) is 75.8 Å². The van der Waals surface area contributed by atoms with Crippen LogP contribution in [0.4, 0.5) is 5.69 Å². The molecule has 4 rings (SSSR count). The lowest BCUT2D eigenvalue weighted by atomic mass is 9.92. The van der Waals surface area contributed by atoms with Crippen LogP contribution in [0.15, 0.2) is 72.3 Å². The number of ketones is 1. The zero-order valence-electron chi connectivity index (χ0n) is 23.5. The Hall–Kier alpha value is -4.06. The molecular formula is C33H37NO5. The second-order valence-electron chi connectivity index (χ2n) is 10.3. The fourth-order valence-electron chi connectivity index (χ4n) is 4.90. The van der Waals surface area contributed by atoms with Gasteiger partial charge in [-0.25, -0.2) is 0 Å². The van der Waals surface area contributed by atoms with Crippen LogP contribution in [-0.2, 0) is 16.0 Å². The van der Waals surface area contributed by atoms with E-state index in [0.717, 1.165) is 28.9 Å². The van der Waals surface area contributed by atoms with Crippen LogP contribution in [0.25, 0.3) is 5.76 Å². The topological polar surface area (TPSA) is 76.1 Å². The van der Waals surface area contributed by atoms with Crippen LogP contribution >= 0.6 is 0 Å². The summed E-state index contributed by atoms with van der Waals surface area (Å²) in [6.45, 7) is 12.5. The molecule has 6 heteroatoms. The molecule has 1 heterocycles. The summed E-state index contributed by atoms with van der Waals surface area (Å²) in [5, 5.41) is 11.6. The Morgan fingerprint density at radius 1 is 0.923 bits per heavy atom. The molecule has 0 saturated carbocycles. The summed E-state index contributed by atoms with van der Waals surface area (Å²) in [4.78, 5) is 28.5. The van der Waals surface area contributed by atoms with Crippen molar-refractivity contribution in [1.82, 2.24) is 0 Å². The number of aliphatic hydroxyl groups is 1. The van der Waals surface area contributed by atoms with Crippen LogP contribution in [0.5, 0.6) is 11.5 Å². The number of amides is 1. The molecule has 1 atom stereocenters. The van der Waals surface area contributed by atoms with Gasteiger partial charge < -0.3 is 14.6 Å². The normalized spacial score (nSPS) is 16.8. The van der Waals surface area contributed by atoms with E-state index in [1.54, 1.807) is 30.3 Å². The number of nitrogens with zero attached hydrogens (tertiary/aromatic N) is 1. The number of hydrogen-bond acceptors (Lipinski definition) is 5. The molecular weight excluding hydrogens is 490 g/mol. The minimum atomic E-state index is -0.790. The minimum absolute atomic E-state index is 0.00648. The number of benzene rings is 3. The van der Waals surface area contributed by atoms with E-state index in [1.165, 1.54) is 4.90 Å². The van der Waals surface area contributed by atoms with Crippen LogP contribution in [0.3, 0.4) is 0 Å². The number of rotatable bonds is 9. The van der Waals surface area contributed by atoms with Crippen molar-refractivity contribution in [3.8, 4) is 11.5 Å². The molecule has 0 aromatic heterocycles. The Kier molecular flexibility index (Phi) is 8.44. The maximum absolute atomic E-state index is 13.6. The molecule has 3 aromatic rings. The van der Waals surface area contributed by atoms with Gasteiger partial charge in [-0.15, -0.1) is 0 Å². The van der Waals surface area contributed by atoms with E-state index in [9.17, 15) is 14.7 Å². The molecule has 0 radical (unpaired) electrons. The molecule has 1 saturated heterocycles. The van der Waals surface area contributed by atoms with Gasteiger partial charge in [0.25, 0.3) is 11.7 Å². The number of carbonyl (C=O) groups excluding carboxylic acids is 2. The highest BCUT2D eigenvalue weighted by molar-refractivity contribution is 6.51. The molecule has 1 N–H and O–H groups in total. The average molecular weight is 528 g/mol. The zero-order valence-corrected chi connectivity index (χ0v) is 23.5. The van der Waals surface area contributed by atoms with Crippen molar-refractivity contribution in [2.75, 3.05) is 11.5 Å². The molecule has 204 valence electrons. The second-order valence-corrected chi connectivity index (χ2v) is 10.3. The van der Waals surface area contributed by atoms with Gasteiger partial charge in [0, 0.05) is 11.3 Å². The highest BCUT2D eigenvalue weighted by Crippen LogP contribution is 2.43. The third-order valence-corrected chi connectivity index (χ3v) is 6.84. The SMILES string of the molecule is CCOc1ccc(/C(O)=C2/C(=O)C(=O)N(c3ccc(OC(C)C)cc3)C2c2ccc(CC)cc2)cc1C(C)C. The highest BCUT2D eigenvalue weighted by Gasteiger charge is 2.47. The lowest BCUT2D eigenvalue weighted by molar-refractivity contribution is -0.132. The van der Waals surface area contributed by atoms with Crippen molar-refractivity contribution in [2.24, 2.45) is 0 Å². The summed E-state index contributed by atoms with van der Waals surface area (Å²) < 4.78 is 11.5. The monoisotopic (exact) mass is 527 g/mol. The van der Waals surface area contributed by atoms with E-state index >= 15 is 0 Å². The van der Waals surface area contributed by atoms with Crippen molar-refractivity contribution < 1.29 is 24.2 Å². The number of Topliss-reactive ketones (excluding diaryl/α,β-unsaturated/α-hetero) is 1. The molecule has 1 aliphatic heterocycles. The molecule has 0 bridgehead atoms. The summed E-state index contributed by atoms with van der Waals surface area (Å²) >= 11 is 0. The number of carbonyl (C=O) groups is 2. The lowest BCUT2D eigenvalue weighted by Gasteiger charge is -2.26. The number of aliphatic hydroxyl groups excluding tert-OH is 1. The van der Waals surface area contributed by atoms with Crippen LogP contribution in [0.2, 0.25) is 0 Å². The first kappa shape index (κ1) is 28.0. The Bertz CT molecular complexity index is 1370. The van der Waals surface area contributed by atoms with E-state index in [4.69, 9.17) is 9.47 Å². The van der Waals surface area contributed by atoms with Gasteiger partial charge in [0.2, 0.25) is 0 Å². The quantitative estimate of drug-likeness (QED) is 0.181. The molecule has 1 unspecified atom stereocenters. The number of aryl methyl sites for hydroxylation is 1. The molecule has 1 fully saturated rings. The summed E-state index contributed by atoms with van der Waals surface area (Å²) in [5.74, 6) is -0.0753. The zero-order chi connectivity index (χ0) is 28.3.